The van der Waals surface area contributed by atoms with Crippen LogP contribution in [0.15, 0.2) is 47.4 Å². The lowest BCUT2D eigenvalue weighted by atomic mass is 9.93. The number of aliphatic carboxylic acids is 1. The van der Waals surface area contributed by atoms with Gasteiger partial charge in [-0.25, -0.2) is 9.48 Å². The minimum Gasteiger partial charge on any atom is -0.505 e. The predicted octanol–water partition coefficient (Wildman–Crippen LogP) is 1.31. The highest BCUT2D eigenvalue weighted by atomic mass is 19.4. The number of halogens is 3. The summed E-state index contributed by atoms with van der Waals surface area (Å²) in [5, 5.41) is 19.7. The van der Waals surface area contributed by atoms with Gasteiger partial charge in [0, 0.05) is 6.20 Å². The number of aldehydes is 1. The maximum atomic E-state index is 13.0. The second-order valence-electron chi connectivity index (χ2n) is 6.31. The topological polar surface area (TPSA) is 127 Å². The fourth-order valence-corrected chi connectivity index (χ4v) is 2.98. The summed E-state index contributed by atoms with van der Waals surface area (Å²) in [6.45, 7) is -0.407. The Kier molecular flexibility index (Phi) is 4.71. The lowest BCUT2D eigenvalue weighted by Crippen LogP contribution is -2.51. The molecule has 152 valence electrons. The van der Waals surface area contributed by atoms with Gasteiger partial charge in [-0.2, -0.15) is 13.2 Å². The number of hydrogen-bond acceptors (Lipinski definition) is 5. The largest absolute Gasteiger partial charge is 0.505 e. The van der Waals surface area contributed by atoms with Crippen LogP contribution in [-0.4, -0.2) is 31.7 Å². The molecule has 2 heterocycles. The van der Waals surface area contributed by atoms with Crippen molar-refractivity contribution in [2.24, 2.45) is 5.73 Å². The predicted molar refractivity (Wildman–Crippen MR) is 93.4 cm³/mol. The molecule has 4 N–H and O–H groups in total. The second kappa shape index (κ2) is 6.78. The van der Waals surface area contributed by atoms with Crippen molar-refractivity contribution in [1.29, 1.82) is 0 Å². The summed E-state index contributed by atoms with van der Waals surface area (Å²) in [6.07, 6.45) is -3.45. The van der Waals surface area contributed by atoms with Gasteiger partial charge in [0.1, 0.15) is 11.1 Å². The first-order chi connectivity index (χ1) is 13.5. The summed E-state index contributed by atoms with van der Waals surface area (Å²) in [6, 6.07) is 6.95. The summed E-state index contributed by atoms with van der Waals surface area (Å²) in [5.74, 6) is -2.68. The number of carbonyl (C=O) groups excluding carboxylic acids is 1. The third-order valence-corrected chi connectivity index (χ3v) is 4.46. The quantitative estimate of drug-likeness (QED) is 0.431. The molecule has 0 saturated carbocycles. The Labute approximate surface area is 160 Å². The molecule has 3 aromatic rings. The number of aromatic hydroxyl groups is 1. The number of aromatic nitrogens is 2. The first-order valence-electron chi connectivity index (χ1n) is 8.09. The molecular weight excluding hydrogens is 395 g/mol. The fourth-order valence-electron chi connectivity index (χ4n) is 2.98. The Morgan fingerprint density at radius 1 is 1.21 bits per heavy atom. The van der Waals surface area contributed by atoms with Crippen LogP contribution < -0.4 is 11.3 Å². The van der Waals surface area contributed by atoms with Crippen molar-refractivity contribution in [3.63, 3.8) is 0 Å². The van der Waals surface area contributed by atoms with Crippen molar-refractivity contribution < 1.29 is 33.0 Å². The number of carboxylic acid groups (broad SMARTS) is 1. The van der Waals surface area contributed by atoms with Crippen LogP contribution >= 0.6 is 0 Å². The number of hydrogen-bond donors (Lipinski definition) is 3. The molecule has 0 saturated heterocycles. The van der Waals surface area contributed by atoms with Crippen LogP contribution in [0.1, 0.15) is 16.7 Å². The number of carbonyl (C=O) groups is 2. The van der Waals surface area contributed by atoms with E-state index in [1.807, 2.05) is 0 Å². The van der Waals surface area contributed by atoms with Crippen LogP contribution in [0, 0.1) is 0 Å². The van der Waals surface area contributed by atoms with Crippen LogP contribution in [0.5, 0.6) is 5.75 Å². The zero-order valence-corrected chi connectivity index (χ0v) is 14.6. The number of nitrogens with zero attached hydrogens (tertiary/aromatic N) is 2. The van der Waals surface area contributed by atoms with Gasteiger partial charge < -0.3 is 20.7 Å². The van der Waals surface area contributed by atoms with E-state index in [0.29, 0.717) is 0 Å². The lowest BCUT2D eigenvalue weighted by Gasteiger charge is -2.22. The van der Waals surface area contributed by atoms with Gasteiger partial charge in [0.15, 0.2) is 12.0 Å². The van der Waals surface area contributed by atoms with Crippen LogP contribution in [0.25, 0.3) is 5.52 Å². The molecule has 1 unspecified atom stereocenters. The summed E-state index contributed by atoms with van der Waals surface area (Å²) < 4.78 is 40.9. The van der Waals surface area contributed by atoms with Gasteiger partial charge in [0.25, 0.3) is 5.56 Å². The normalized spacial score (nSPS) is 13.9. The molecule has 2 aromatic heterocycles. The van der Waals surface area contributed by atoms with Crippen molar-refractivity contribution in [3.05, 3.63) is 69.6 Å². The zero-order chi connectivity index (χ0) is 21.6. The number of nitrogens with two attached hydrogens (primary N) is 1. The Balaban J connectivity index is 2.27. The number of fused-ring (bicyclic) bond motifs is 1. The monoisotopic (exact) mass is 409 g/mol. The molecule has 1 aromatic carbocycles. The van der Waals surface area contributed by atoms with Gasteiger partial charge in [-0.3, -0.25) is 9.31 Å². The molecule has 3 rings (SSSR count). The van der Waals surface area contributed by atoms with Crippen molar-refractivity contribution >= 4 is 17.8 Å². The molecule has 0 spiro atoms. The van der Waals surface area contributed by atoms with E-state index in [2.05, 4.69) is 0 Å². The van der Waals surface area contributed by atoms with Crippen LogP contribution in [0.3, 0.4) is 0 Å². The second-order valence-corrected chi connectivity index (χ2v) is 6.31. The van der Waals surface area contributed by atoms with E-state index < -0.39 is 46.7 Å². The SMILES string of the molecule is NC(C=O)(C(=O)O)c1c(O)c2cccn2n(Cc2cccc(C(F)(F)F)c2)c1=O. The maximum absolute atomic E-state index is 13.0. The molecule has 1 atom stereocenters. The van der Waals surface area contributed by atoms with Crippen LogP contribution in [0.4, 0.5) is 13.2 Å². The summed E-state index contributed by atoms with van der Waals surface area (Å²) in [5.41, 5.74) is -0.209. The molecule has 0 radical (unpaired) electrons. The van der Waals surface area contributed by atoms with E-state index in [1.54, 1.807) is 0 Å². The van der Waals surface area contributed by atoms with E-state index in [1.165, 1.54) is 24.4 Å². The van der Waals surface area contributed by atoms with E-state index in [4.69, 9.17) is 5.73 Å². The molecule has 0 aliphatic rings. The average molecular weight is 409 g/mol. The van der Waals surface area contributed by atoms with E-state index in [-0.39, 0.29) is 17.4 Å². The van der Waals surface area contributed by atoms with Crippen molar-refractivity contribution in [3.8, 4) is 5.75 Å². The van der Waals surface area contributed by atoms with Crippen LogP contribution in [0.2, 0.25) is 0 Å². The van der Waals surface area contributed by atoms with Crippen molar-refractivity contribution in [2.45, 2.75) is 18.3 Å². The van der Waals surface area contributed by atoms with E-state index in [0.717, 1.165) is 27.4 Å². The van der Waals surface area contributed by atoms with E-state index >= 15 is 0 Å². The summed E-state index contributed by atoms with van der Waals surface area (Å²) in [4.78, 5) is 35.8. The first-order valence-corrected chi connectivity index (χ1v) is 8.09. The molecule has 29 heavy (non-hydrogen) atoms. The lowest BCUT2D eigenvalue weighted by molar-refractivity contribution is -0.146. The summed E-state index contributed by atoms with van der Waals surface area (Å²) >= 11 is 0. The zero-order valence-electron chi connectivity index (χ0n) is 14.6. The third-order valence-electron chi connectivity index (χ3n) is 4.46. The Morgan fingerprint density at radius 3 is 2.48 bits per heavy atom. The average Bonchev–Trinajstić information content (AvgIpc) is 3.14. The highest BCUT2D eigenvalue weighted by Crippen LogP contribution is 2.31. The van der Waals surface area contributed by atoms with Gasteiger partial charge in [-0.15, -0.1) is 0 Å². The van der Waals surface area contributed by atoms with Crippen molar-refractivity contribution in [1.82, 2.24) is 9.20 Å². The van der Waals surface area contributed by atoms with Gasteiger partial charge >= 0.3 is 12.1 Å². The minimum atomic E-state index is -4.60. The maximum Gasteiger partial charge on any atom is 0.416 e. The molecule has 0 fully saturated rings. The molecule has 0 bridgehead atoms. The smallest absolute Gasteiger partial charge is 0.416 e. The Hall–Kier alpha value is -3.60. The highest BCUT2D eigenvalue weighted by Gasteiger charge is 2.42. The standard InChI is InChI=1S/C18H14F3N3O5/c19-18(20,21)11-4-1-3-10(7-11)8-24-15(27)13(17(22,9-25)16(28)29)14(26)12-5-2-6-23(12)24/h1-7,9,26H,8,22H2,(H,28,29). The van der Waals surface area contributed by atoms with Gasteiger partial charge in [0.05, 0.1) is 12.1 Å². The van der Waals surface area contributed by atoms with Gasteiger partial charge in [0.2, 0.25) is 5.54 Å². The summed E-state index contributed by atoms with van der Waals surface area (Å²) in [7, 11) is 0. The highest BCUT2D eigenvalue weighted by molar-refractivity contribution is 5.99. The first kappa shape index (κ1) is 20.1. The molecule has 8 nitrogen and oxygen atoms in total. The van der Waals surface area contributed by atoms with Crippen molar-refractivity contribution in [2.75, 3.05) is 0 Å². The minimum absolute atomic E-state index is 0.0514. The fraction of sp³-hybridized carbons (Fsp3) is 0.167. The molecular formula is C18H14F3N3O5. The molecule has 0 aliphatic carbocycles. The number of benzene rings is 1. The number of alkyl halides is 3. The van der Waals surface area contributed by atoms with Crippen LogP contribution in [-0.2, 0) is 27.8 Å². The Bertz CT molecular complexity index is 1180. The number of carboxylic acids is 1. The van der Waals surface area contributed by atoms with Gasteiger partial charge in [-0.1, -0.05) is 12.1 Å². The molecule has 0 amide bonds. The molecule has 0 aliphatic heterocycles. The third kappa shape index (κ3) is 3.25. The Morgan fingerprint density at radius 2 is 1.90 bits per heavy atom. The molecule has 11 heteroatoms. The van der Waals surface area contributed by atoms with Gasteiger partial charge in [-0.05, 0) is 29.8 Å². The number of rotatable bonds is 5. The van der Waals surface area contributed by atoms with E-state index in [9.17, 15) is 37.8 Å².